The summed E-state index contributed by atoms with van der Waals surface area (Å²) < 4.78 is 7.90. The van der Waals surface area contributed by atoms with Crippen molar-refractivity contribution in [2.24, 2.45) is 5.10 Å². The van der Waals surface area contributed by atoms with Gasteiger partial charge in [0.1, 0.15) is 18.2 Å². The molecule has 0 amide bonds. The quantitative estimate of drug-likeness (QED) is 0.150. The third-order valence-corrected chi connectivity index (χ3v) is 6.42. The Kier molecular flexibility index (Phi) is 7.74. The Balaban J connectivity index is 1.80. The topological polar surface area (TPSA) is 123 Å². The summed E-state index contributed by atoms with van der Waals surface area (Å²) in [6, 6.07) is 18.5. The number of hydrogen-bond donors (Lipinski definition) is 0. The lowest BCUT2D eigenvalue weighted by Gasteiger charge is -2.14. The molecule has 0 aliphatic heterocycles. The second-order valence-electron chi connectivity index (χ2n) is 8.34. The second kappa shape index (κ2) is 11.1. The minimum Gasteiger partial charge on any atom is -0.488 e. The van der Waals surface area contributed by atoms with Crippen LogP contribution >= 0.6 is 15.9 Å². The van der Waals surface area contributed by atoms with Gasteiger partial charge in [-0.15, -0.1) is 0 Å². The molecule has 0 radical (unpaired) electrons. The van der Waals surface area contributed by atoms with E-state index in [0.717, 1.165) is 10.9 Å². The zero-order chi connectivity index (χ0) is 26.5. The molecule has 0 spiro atoms. The summed E-state index contributed by atoms with van der Waals surface area (Å²) in [5.74, 6) is 0.729. The van der Waals surface area contributed by atoms with E-state index in [1.54, 1.807) is 36.4 Å². The van der Waals surface area contributed by atoms with E-state index in [4.69, 9.17) is 4.74 Å². The minimum absolute atomic E-state index is 0.0683. The summed E-state index contributed by atoms with van der Waals surface area (Å²) in [4.78, 5) is 29.0. The number of nitro groups is 1. The average Bonchev–Trinajstić information content (AvgIpc) is 2.91. The number of fused-ring (bicyclic) bond motifs is 1. The molecule has 4 aromatic rings. The highest BCUT2D eigenvalue weighted by atomic mass is 79.9. The first-order chi connectivity index (χ1) is 17.8. The van der Waals surface area contributed by atoms with Crippen LogP contribution in [0.25, 0.3) is 10.9 Å². The lowest BCUT2D eigenvalue weighted by Crippen LogP contribution is -2.23. The zero-order valence-electron chi connectivity index (χ0n) is 20.1. The first-order valence-electron chi connectivity index (χ1n) is 11.5. The van der Waals surface area contributed by atoms with Gasteiger partial charge in [0, 0.05) is 33.7 Å². The largest absolute Gasteiger partial charge is 0.488 e. The van der Waals surface area contributed by atoms with Gasteiger partial charge in [0.05, 0.1) is 33.7 Å². The van der Waals surface area contributed by atoms with Gasteiger partial charge in [-0.1, -0.05) is 48.0 Å². The van der Waals surface area contributed by atoms with Crippen molar-refractivity contribution >= 4 is 38.7 Å². The number of halogens is 1. The lowest BCUT2D eigenvalue weighted by atomic mass is 10.1. The summed E-state index contributed by atoms with van der Waals surface area (Å²) in [5, 5.41) is 25.6. The molecule has 3 aromatic carbocycles. The highest BCUT2D eigenvalue weighted by Gasteiger charge is 2.17. The van der Waals surface area contributed by atoms with Crippen LogP contribution in [0, 0.1) is 21.4 Å². The number of ether oxygens (including phenoxy) is 1. The van der Waals surface area contributed by atoms with E-state index in [0.29, 0.717) is 39.2 Å². The van der Waals surface area contributed by atoms with E-state index in [2.05, 4.69) is 32.1 Å². The van der Waals surface area contributed by atoms with Crippen LogP contribution in [0.4, 0.5) is 5.69 Å². The highest BCUT2D eigenvalue weighted by molar-refractivity contribution is 9.10. The predicted octanol–water partition coefficient (Wildman–Crippen LogP) is 5.91. The van der Waals surface area contributed by atoms with Crippen LogP contribution in [-0.4, -0.2) is 20.8 Å². The van der Waals surface area contributed by atoms with Gasteiger partial charge in [0.15, 0.2) is 0 Å². The number of rotatable bonds is 8. The minimum atomic E-state index is -0.516. The summed E-state index contributed by atoms with van der Waals surface area (Å²) in [6.07, 6.45) is 2.09. The van der Waals surface area contributed by atoms with Crippen molar-refractivity contribution in [1.29, 1.82) is 5.26 Å². The van der Waals surface area contributed by atoms with Gasteiger partial charge in [-0.2, -0.15) is 15.0 Å². The van der Waals surface area contributed by atoms with Gasteiger partial charge < -0.3 is 4.74 Å². The molecule has 1 aromatic heterocycles. The standard InChI is InChI=1S/C27H22BrN5O4/c1-3-17(2)26-31-24-10-8-21(28)13-23(24)27(34)32(26)30-15-20-12-22(33(35)36)9-11-25(20)37-16-19-7-5-4-6-18(19)14-29/h4-13,15,17H,3,16H2,1-2H3/t17-/m1/s1. The summed E-state index contributed by atoms with van der Waals surface area (Å²) >= 11 is 3.39. The van der Waals surface area contributed by atoms with Crippen molar-refractivity contribution in [3.8, 4) is 11.8 Å². The Bertz CT molecular complexity index is 1620. The van der Waals surface area contributed by atoms with E-state index in [-0.39, 0.29) is 23.8 Å². The molecule has 1 atom stereocenters. The maximum Gasteiger partial charge on any atom is 0.282 e. The SMILES string of the molecule is CC[C@@H](C)c1nc2ccc(Br)cc2c(=O)n1N=Cc1cc([N+](=O)[O-])ccc1OCc1ccccc1C#N. The molecular formula is C27H22BrN5O4. The molecule has 0 aliphatic rings. The molecule has 0 aliphatic carbocycles. The molecule has 186 valence electrons. The molecule has 0 fully saturated rings. The number of nitriles is 1. The van der Waals surface area contributed by atoms with Gasteiger partial charge in [0.2, 0.25) is 0 Å². The van der Waals surface area contributed by atoms with Crippen LogP contribution in [0.3, 0.4) is 0 Å². The molecule has 1 heterocycles. The van der Waals surface area contributed by atoms with E-state index >= 15 is 0 Å². The second-order valence-corrected chi connectivity index (χ2v) is 9.25. The maximum absolute atomic E-state index is 13.4. The molecule has 0 saturated carbocycles. The van der Waals surface area contributed by atoms with Gasteiger partial charge >= 0.3 is 0 Å². The van der Waals surface area contributed by atoms with E-state index in [1.807, 2.05) is 19.9 Å². The van der Waals surface area contributed by atoms with Gasteiger partial charge in [-0.25, -0.2) is 4.98 Å². The number of hydrogen-bond acceptors (Lipinski definition) is 7. The molecule has 0 saturated heterocycles. The predicted molar refractivity (Wildman–Crippen MR) is 144 cm³/mol. The monoisotopic (exact) mass is 559 g/mol. The van der Waals surface area contributed by atoms with Gasteiger partial charge in [0.25, 0.3) is 11.2 Å². The fourth-order valence-corrected chi connectivity index (χ4v) is 4.05. The van der Waals surface area contributed by atoms with Crippen LogP contribution in [0.1, 0.15) is 48.7 Å². The van der Waals surface area contributed by atoms with E-state index in [1.165, 1.54) is 29.1 Å². The molecule has 9 nitrogen and oxygen atoms in total. The van der Waals surface area contributed by atoms with Crippen LogP contribution in [0.15, 0.2) is 75.0 Å². The number of nitrogens with zero attached hydrogens (tertiary/aromatic N) is 5. The van der Waals surface area contributed by atoms with Crippen molar-refractivity contribution in [1.82, 2.24) is 9.66 Å². The van der Waals surface area contributed by atoms with E-state index < -0.39 is 4.92 Å². The number of non-ortho nitro benzene ring substituents is 1. The smallest absolute Gasteiger partial charge is 0.282 e. The van der Waals surface area contributed by atoms with Gasteiger partial charge in [-0.05, 0) is 36.8 Å². The Morgan fingerprint density at radius 1 is 1.24 bits per heavy atom. The Morgan fingerprint density at radius 2 is 2.03 bits per heavy atom. The number of benzene rings is 3. The van der Waals surface area contributed by atoms with Crippen LogP contribution in [0.2, 0.25) is 0 Å². The summed E-state index contributed by atoms with van der Waals surface area (Å²) in [5.41, 5.74) is 1.50. The normalized spacial score (nSPS) is 11.9. The Hall–Kier alpha value is -4.36. The third-order valence-electron chi connectivity index (χ3n) is 5.92. The van der Waals surface area contributed by atoms with E-state index in [9.17, 15) is 20.2 Å². The average molecular weight is 560 g/mol. The third kappa shape index (κ3) is 5.57. The fourth-order valence-electron chi connectivity index (χ4n) is 3.69. The van der Waals surface area contributed by atoms with Gasteiger partial charge in [-0.3, -0.25) is 14.9 Å². The molecule has 4 rings (SSSR count). The van der Waals surface area contributed by atoms with Crippen molar-refractivity contribution in [2.45, 2.75) is 32.8 Å². The number of aromatic nitrogens is 2. The fraction of sp³-hybridized carbons (Fsp3) is 0.185. The van der Waals surface area contributed by atoms with Crippen molar-refractivity contribution in [2.75, 3.05) is 0 Å². The number of nitro benzene ring substituents is 1. The van der Waals surface area contributed by atoms with Crippen LogP contribution < -0.4 is 10.3 Å². The Morgan fingerprint density at radius 3 is 2.76 bits per heavy atom. The summed E-state index contributed by atoms with van der Waals surface area (Å²) in [6.45, 7) is 4.02. The van der Waals surface area contributed by atoms with Crippen molar-refractivity contribution < 1.29 is 9.66 Å². The molecule has 0 unspecified atom stereocenters. The molecular weight excluding hydrogens is 538 g/mol. The highest BCUT2D eigenvalue weighted by Crippen LogP contribution is 2.25. The summed E-state index contributed by atoms with van der Waals surface area (Å²) in [7, 11) is 0. The van der Waals surface area contributed by atoms with Crippen LogP contribution in [0.5, 0.6) is 5.75 Å². The first kappa shape index (κ1) is 25.7. The molecule has 0 N–H and O–H groups in total. The molecule has 0 bridgehead atoms. The van der Waals surface area contributed by atoms with Crippen molar-refractivity contribution in [3.05, 3.63) is 108 Å². The Labute approximate surface area is 220 Å². The van der Waals surface area contributed by atoms with Crippen LogP contribution in [-0.2, 0) is 6.61 Å². The molecule has 37 heavy (non-hydrogen) atoms. The maximum atomic E-state index is 13.4. The van der Waals surface area contributed by atoms with Crippen molar-refractivity contribution in [3.63, 3.8) is 0 Å². The first-order valence-corrected chi connectivity index (χ1v) is 12.3. The lowest BCUT2D eigenvalue weighted by molar-refractivity contribution is -0.384. The molecule has 10 heteroatoms. The zero-order valence-corrected chi connectivity index (χ0v) is 21.7.